The molecule has 3 heterocycles. The van der Waals surface area contributed by atoms with Gasteiger partial charge in [0.2, 0.25) is 0 Å². The Bertz CT molecular complexity index is 1590. The van der Waals surface area contributed by atoms with E-state index in [0.29, 0.717) is 29.6 Å². The van der Waals surface area contributed by atoms with Crippen LogP contribution >= 0.6 is 0 Å². The standard InChI is InChI=1S/C23H24FN7O4S/c1-15-8-26-17(10-25-15)13-29-20-4-3-18(31(36(34)35)23(14-24)5-6-23)7-19(20)21(32)30(22(29)33)12-16-9-27-28(2)11-16/h3-4,7-11H,5-6,12-14H2,1-2H3,(H,34,35)/p-1. The van der Waals surface area contributed by atoms with Gasteiger partial charge in [0.25, 0.3) is 5.56 Å². The van der Waals surface area contributed by atoms with Crippen molar-refractivity contribution in [3.8, 4) is 0 Å². The third-order valence-electron chi connectivity index (χ3n) is 6.35. The zero-order valence-electron chi connectivity index (χ0n) is 19.6. The number of nitrogens with zero attached hydrogens (tertiary/aromatic N) is 7. The monoisotopic (exact) mass is 512 g/mol. The molecule has 0 radical (unpaired) electrons. The SMILES string of the molecule is Cc1cnc(Cn2c(=O)n(Cc3cnn(C)c3)c(=O)c3cc(N(S(=O)[O-])C4(CF)CC4)ccc32)cn1. The Morgan fingerprint density at radius 1 is 1.14 bits per heavy atom. The van der Waals surface area contributed by atoms with E-state index >= 15 is 0 Å². The summed E-state index contributed by atoms with van der Waals surface area (Å²) in [6, 6.07) is 4.40. The van der Waals surface area contributed by atoms with Gasteiger partial charge in [0, 0.05) is 42.0 Å². The number of aryl methyl sites for hydroxylation is 2. The van der Waals surface area contributed by atoms with Crippen molar-refractivity contribution in [1.29, 1.82) is 0 Å². The first kappa shape index (κ1) is 24.0. The number of hydrogen-bond donors (Lipinski definition) is 0. The lowest BCUT2D eigenvalue weighted by Crippen LogP contribution is -2.42. The minimum Gasteiger partial charge on any atom is -0.755 e. The van der Waals surface area contributed by atoms with E-state index < -0.39 is 34.7 Å². The largest absolute Gasteiger partial charge is 0.755 e. The van der Waals surface area contributed by atoms with Gasteiger partial charge in [0.1, 0.15) is 6.67 Å². The van der Waals surface area contributed by atoms with Crippen molar-refractivity contribution in [2.75, 3.05) is 11.0 Å². The molecule has 4 aromatic rings. The highest BCUT2D eigenvalue weighted by Crippen LogP contribution is 2.45. The van der Waals surface area contributed by atoms with Crippen LogP contribution in [-0.4, -0.2) is 49.9 Å². The fourth-order valence-corrected chi connectivity index (χ4v) is 5.12. The van der Waals surface area contributed by atoms with Gasteiger partial charge in [-0.25, -0.2) is 9.18 Å². The first-order valence-corrected chi connectivity index (χ1v) is 12.2. The second-order valence-corrected chi connectivity index (χ2v) is 9.80. The number of benzene rings is 1. The van der Waals surface area contributed by atoms with Crippen LogP contribution in [0.15, 0.2) is 52.6 Å². The van der Waals surface area contributed by atoms with Crippen LogP contribution in [-0.2, 0) is 31.4 Å². The first-order valence-electron chi connectivity index (χ1n) is 11.2. The molecule has 0 bridgehead atoms. The molecule has 5 rings (SSSR count). The van der Waals surface area contributed by atoms with Crippen LogP contribution in [0.4, 0.5) is 10.1 Å². The van der Waals surface area contributed by atoms with Crippen LogP contribution < -0.4 is 15.6 Å². The van der Waals surface area contributed by atoms with Crippen molar-refractivity contribution in [3.63, 3.8) is 0 Å². The summed E-state index contributed by atoms with van der Waals surface area (Å²) in [6.45, 7) is 0.970. The summed E-state index contributed by atoms with van der Waals surface area (Å²) in [5, 5.41) is 4.22. The number of hydrogen-bond acceptors (Lipinski definition) is 7. The molecule has 0 N–H and O–H groups in total. The van der Waals surface area contributed by atoms with Gasteiger partial charge < -0.3 is 4.55 Å². The van der Waals surface area contributed by atoms with E-state index in [1.165, 1.54) is 22.8 Å². The minimum atomic E-state index is -2.75. The second-order valence-electron chi connectivity index (χ2n) is 9.00. The Morgan fingerprint density at radius 2 is 1.92 bits per heavy atom. The molecule has 0 saturated heterocycles. The summed E-state index contributed by atoms with van der Waals surface area (Å²) in [5.74, 6) is 0. The molecule has 0 spiro atoms. The second kappa shape index (κ2) is 9.06. The highest BCUT2D eigenvalue weighted by molar-refractivity contribution is 7.80. The van der Waals surface area contributed by atoms with Crippen molar-refractivity contribution >= 4 is 27.9 Å². The normalized spacial score (nSPS) is 15.2. The third kappa shape index (κ3) is 4.24. The molecule has 1 aliphatic rings. The van der Waals surface area contributed by atoms with Crippen molar-refractivity contribution in [2.24, 2.45) is 7.05 Å². The summed E-state index contributed by atoms with van der Waals surface area (Å²) >= 11 is -2.75. The number of aromatic nitrogens is 6. The molecule has 1 atom stereocenters. The molecule has 1 fully saturated rings. The van der Waals surface area contributed by atoms with Crippen LogP contribution in [0.2, 0.25) is 0 Å². The number of rotatable bonds is 8. The van der Waals surface area contributed by atoms with Crippen molar-refractivity contribution in [1.82, 2.24) is 28.9 Å². The Kier molecular flexibility index (Phi) is 6.04. The van der Waals surface area contributed by atoms with Crippen molar-refractivity contribution in [3.05, 3.63) is 80.8 Å². The van der Waals surface area contributed by atoms with Crippen LogP contribution in [0.5, 0.6) is 0 Å². The van der Waals surface area contributed by atoms with E-state index in [0.717, 1.165) is 14.6 Å². The molecule has 1 aromatic carbocycles. The topological polar surface area (TPSA) is 131 Å². The first-order chi connectivity index (χ1) is 17.2. The summed E-state index contributed by atoms with van der Waals surface area (Å²) in [6.07, 6.45) is 7.16. The van der Waals surface area contributed by atoms with Crippen LogP contribution in [0, 0.1) is 6.92 Å². The average Bonchev–Trinajstić information content (AvgIpc) is 3.53. The lowest BCUT2D eigenvalue weighted by molar-refractivity contribution is 0.411. The zero-order chi connectivity index (χ0) is 25.6. The fraction of sp³-hybridized carbons (Fsp3) is 0.348. The van der Waals surface area contributed by atoms with Gasteiger partial charge in [0.15, 0.2) is 0 Å². The van der Waals surface area contributed by atoms with E-state index in [9.17, 15) is 22.7 Å². The van der Waals surface area contributed by atoms with Gasteiger partial charge in [-0.2, -0.15) is 5.10 Å². The van der Waals surface area contributed by atoms with Crippen LogP contribution in [0.3, 0.4) is 0 Å². The maximum Gasteiger partial charge on any atom is 0.332 e. The molecule has 13 heteroatoms. The maximum atomic E-state index is 13.8. The number of halogens is 1. The van der Waals surface area contributed by atoms with Crippen LogP contribution in [0.1, 0.15) is 29.8 Å². The average molecular weight is 513 g/mol. The van der Waals surface area contributed by atoms with E-state index in [-0.39, 0.29) is 24.2 Å². The van der Waals surface area contributed by atoms with Gasteiger partial charge in [0.05, 0.1) is 53.3 Å². The fourth-order valence-electron chi connectivity index (χ4n) is 4.28. The lowest BCUT2D eigenvalue weighted by Gasteiger charge is -2.33. The quantitative estimate of drug-likeness (QED) is 0.324. The number of fused-ring (bicyclic) bond motifs is 1. The van der Waals surface area contributed by atoms with Gasteiger partial charge in [-0.15, -0.1) is 0 Å². The number of anilines is 1. The summed E-state index contributed by atoms with van der Waals surface area (Å²) in [7, 11) is 1.73. The highest BCUT2D eigenvalue weighted by Gasteiger charge is 2.49. The van der Waals surface area contributed by atoms with E-state index in [1.807, 2.05) is 0 Å². The molecule has 0 amide bonds. The molecular weight excluding hydrogens is 489 g/mol. The smallest absolute Gasteiger partial charge is 0.332 e. The Labute approximate surface area is 207 Å². The highest BCUT2D eigenvalue weighted by atomic mass is 32.2. The molecule has 1 saturated carbocycles. The summed E-state index contributed by atoms with van der Waals surface area (Å²) < 4.78 is 42.9. The molecule has 11 nitrogen and oxygen atoms in total. The Morgan fingerprint density at radius 3 is 2.50 bits per heavy atom. The molecule has 1 aliphatic carbocycles. The van der Waals surface area contributed by atoms with E-state index in [4.69, 9.17) is 0 Å². The predicted molar refractivity (Wildman–Crippen MR) is 130 cm³/mol. The molecule has 1 unspecified atom stereocenters. The number of alkyl halides is 1. The maximum absolute atomic E-state index is 13.8. The van der Waals surface area contributed by atoms with Crippen molar-refractivity contribution < 1.29 is 13.2 Å². The Balaban J connectivity index is 1.71. The van der Waals surface area contributed by atoms with E-state index in [1.54, 1.807) is 43.4 Å². The summed E-state index contributed by atoms with van der Waals surface area (Å²) in [4.78, 5) is 35.6. The molecule has 3 aromatic heterocycles. The van der Waals surface area contributed by atoms with Gasteiger partial charge in [-0.05, 0) is 38.0 Å². The molecular formula is C23H23FN7O4S-. The van der Waals surface area contributed by atoms with E-state index in [2.05, 4.69) is 15.1 Å². The molecule has 0 aliphatic heterocycles. The third-order valence-corrected chi connectivity index (χ3v) is 7.25. The molecule has 188 valence electrons. The van der Waals surface area contributed by atoms with Gasteiger partial charge in [-0.1, -0.05) is 0 Å². The van der Waals surface area contributed by atoms with Gasteiger partial charge in [-0.3, -0.25) is 37.1 Å². The minimum absolute atomic E-state index is 0.0309. The van der Waals surface area contributed by atoms with Gasteiger partial charge >= 0.3 is 5.69 Å². The van der Waals surface area contributed by atoms with Crippen LogP contribution in [0.25, 0.3) is 10.9 Å². The molecule has 36 heavy (non-hydrogen) atoms. The lowest BCUT2D eigenvalue weighted by atomic mass is 10.1. The summed E-state index contributed by atoms with van der Waals surface area (Å²) in [5.41, 5.74) is 0.0565. The predicted octanol–water partition coefficient (Wildman–Crippen LogP) is 1.19. The Hall–Kier alpha value is -3.71. The zero-order valence-corrected chi connectivity index (χ0v) is 20.4. The van der Waals surface area contributed by atoms with Crippen molar-refractivity contribution in [2.45, 2.75) is 38.4 Å².